The van der Waals surface area contributed by atoms with E-state index in [4.69, 9.17) is 29.7 Å². The molecule has 0 N–H and O–H groups in total. The van der Waals surface area contributed by atoms with Crippen LogP contribution in [0.5, 0.6) is 0 Å². The van der Waals surface area contributed by atoms with E-state index in [-0.39, 0.29) is 22.4 Å². The van der Waals surface area contributed by atoms with Crippen LogP contribution >= 0.6 is 7.92 Å². The largest absolute Gasteiger partial charge is 3.00 e. The predicted octanol–water partition coefficient (Wildman–Crippen LogP) is 1.34. The molecule has 3 aromatic rings. The van der Waals surface area contributed by atoms with Crippen LogP contribution < -0.4 is 31.2 Å². The quantitative estimate of drug-likeness (QED) is 0.224. The van der Waals surface area contributed by atoms with Crippen LogP contribution in [0.25, 0.3) is 0 Å². The molecule has 0 aliphatic heterocycles. The maximum atomic E-state index is 10.5. The number of halogens is 9. The Morgan fingerprint density at radius 3 is 0.707 bits per heavy atom. The average Bonchev–Trinajstić information content (AvgIpc) is 2.86. The normalized spacial score (nSPS) is 10.7. The van der Waals surface area contributed by atoms with E-state index in [0.29, 0.717) is 0 Å². The fourth-order valence-corrected chi connectivity index (χ4v) is 4.48. The summed E-state index contributed by atoms with van der Waals surface area (Å²) in [6.07, 6.45) is -15.6. The van der Waals surface area contributed by atoms with Crippen molar-refractivity contribution in [2.75, 3.05) is 0 Å². The summed E-state index contributed by atoms with van der Waals surface area (Å²) in [5, 5.41) is 30.5. The SMILES string of the molecule is O=C([O-])C(F)(F)F.O=C([O-])C(F)(F)F.O=C([O-])C(F)(F)F.[Au+3].c1ccc(P(c2ccccc2)c2ccccc2)cc1. The number of alkyl halides is 9. The third-order valence-electron chi connectivity index (χ3n) is 3.74. The maximum absolute atomic E-state index is 10.5. The summed E-state index contributed by atoms with van der Waals surface area (Å²) in [4.78, 5) is 26.4. The molecule has 0 aliphatic rings. The van der Waals surface area contributed by atoms with E-state index in [9.17, 15) is 39.5 Å². The van der Waals surface area contributed by atoms with Crippen molar-refractivity contribution in [3.05, 3.63) is 91.0 Å². The summed E-state index contributed by atoms with van der Waals surface area (Å²) in [7, 11) is -0.446. The van der Waals surface area contributed by atoms with Gasteiger partial charge in [0.1, 0.15) is 17.9 Å². The van der Waals surface area contributed by atoms with Gasteiger partial charge in [0.25, 0.3) is 0 Å². The van der Waals surface area contributed by atoms with Crippen molar-refractivity contribution in [1.82, 2.24) is 0 Å². The van der Waals surface area contributed by atoms with Crippen LogP contribution in [-0.2, 0) is 36.8 Å². The molecule has 226 valence electrons. The third kappa shape index (κ3) is 17.1. The molecular weight excluding hydrogens is 783 g/mol. The second kappa shape index (κ2) is 18.1. The van der Waals surface area contributed by atoms with Gasteiger partial charge >= 0.3 is 40.9 Å². The van der Waals surface area contributed by atoms with Gasteiger partial charge in [-0.25, -0.2) is 0 Å². The van der Waals surface area contributed by atoms with Crippen molar-refractivity contribution in [3.63, 3.8) is 0 Å². The second-order valence-corrected chi connectivity index (χ2v) is 8.92. The fraction of sp³-hybridized carbons (Fsp3) is 0.125. The molecule has 0 saturated heterocycles. The summed E-state index contributed by atoms with van der Waals surface area (Å²) >= 11 is 0. The van der Waals surface area contributed by atoms with Gasteiger partial charge in [-0.05, 0) is 23.8 Å². The zero-order valence-corrected chi connectivity index (χ0v) is 22.8. The number of rotatable bonds is 3. The average molecular weight is 798 g/mol. The number of hydrogen-bond donors (Lipinski definition) is 0. The van der Waals surface area contributed by atoms with Gasteiger partial charge in [-0.3, -0.25) is 0 Å². The Morgan fingerprint density at radius 1 is 0.439 bits per heavy atom. The summed E-state index contributed by atoms with van der Waals surface area (Å²) in [6.45, 7) is 0. The maximum Gasteiger partial charge on any atom is 3.00 e. The molecule has 0 saturated carbocycles. The first kappa shape index (κ1) is 39.8. The number of carboxylic acids is 3. The molecule has 0 fully saturated rings. The first-order chi connectivity index (χ1) is 18.3. The fourth-order valence-electron chi connectivity index (χ4n) is 2.18. The number of carbonyl (C=O) groups is 3. The van der Waals surface area contributed by atoms with Gasteiger partial charge in [-0.1, -0.05) is 91.0 Å². The number of benzene rings is 3. The second-order valence-electron chi connectivity index (χ2n) is 6.70. The van der Waals surface area contributed by atoms with Crippen molar-refractivity contribution in [2.45, 2.75) is 18.5 Å². The first-order valence-electron chi connectivity index (χ1n) is 10.1. The Kier molecular flexibility index (Phi) is 17.6. The number of carboxylic acid groups (broad SMARTS) is 3. The van der Waals surface area contributed by atoms with Crippen molar-refractivity contribution in [2.24, 2.45) is 0 Å². The molecule has 0 unspecified atom stereocenters. The van der Waals surface area contributed by atoms with Gasteiger partial charge < -0.3 is 29.7 Å². The number of hydrogen-bond acceptors (Lipinski definition) is 6. The summed E-state index contributed by atoms with van der Waals surface area (Å²) in [5.41, 5.74) is 0. The van der Waals surface area contributed by atoms with Crippen molar-refractivity contribution in [3.8, 4) is 0 Å². The van der Waals surface area contributed by atoms with Crippen LogP contribution in [-0.4, -0.2) is 36.4 Å². The Bertz CT molecular complexity index is 1040. The van der Waals surface area contributed by atoms with Gasteiger partial charge in [0, 0.05) is 0 Å². The minimum absolute atomic E-state index is 0. The molecule has 0 amide bonds. The molecule has 41 heavy (non-hydrogen) atoms. The molecule has 0 aliphatic carbocycles. The standard InChI is InChI=1S/C18H15P.3C2HF3O2.Au/c1-4-10-16(11-5-1)19(17-12-6-2-7-13-17)18-14-8-3-9-15-18;3*3-2(4,5)1(6)7;/h1-15H;3*(H,6,7);/q;;;;+3/p-3. The Balaban J connectivity index is 0. The minimum atomic E-state index is -5.19. The smallest absolute Gasteiger partial charge is 0.542 e. The van der Waals surface area contributed by atoms with Gasteiger partial charge in [0.15, 0.2) is 0 Å². The van der Waals surface area contributed by atoms with Gasteiger partial charge in [0.05, 0.1) is 0 Å². The van der Waals surface area contributed by atoms with E-state index in [0.717, 1.165) is 0 Å². The molecule has 6 nitrogen and oxygen atoms in total. The van der Waals surface area contributed by atoms with Gasteiger partial charge in [-0.2, -0.15) is 39.5 Å². The van der Waals surface area contributed by atoms with E-state index in [1.54, 1.807) is 0 Å². The van der Waals surface area contributed by atoms with E-state index >= 15 is 0 Å². The minimum Gasteiger partial charge on any atom is -0.542 e. The van der Waals surface area contributed by atoms with Gasteiger partial charge in [-0.15, -0.1) is 0 Å². The third-order valence-corrected chi connectivity index (χ3v) is 6.18. The van der Waals surface area contributed by atoms with Crippen LogP contribution in [0.15, 0.2) is 91.0 Å². The molecule has 3 rings (SSSR count). The van der Waals surface area contributed by atoms with Crippen molar-refractivity contribution >= 4 is 41.7 Å². The van der Waals surface area contributed by atoms with E-state index in [1.807, 2.05) is 0 Å². The zero-order chi connectivity index (χ0) is 31.1. The van der Waals surface area contributed by atoms with Crippen LogP contribution in [0, 0.1) is 0 Å². The summed E-state index contributed by atoms with van der Waals surface area (Å²) in [6, 6.07) is 32.3. The molecule has 0 spiro atoms. The summed E-state index contributed by atoms with van der Waals surface area (Å²) in [5.74, 6) is -9.02. The Labute approximate surface area is 242 Å². The van der Waals surface area contributed by atoms with E-state index < -0.39 is 44.4 Å². The first-order valence-corrected chi connectivity index (χ1v) is 11.4. The molecule has 0 radical (unpaired) electrons. The Morgan fingerprint density at radius 2 is 0.585 bits per heavy atom. The molecule has 3 aromatic carbocycles. The van der Waals surface area contributed by atoms with Crippen LogP contribution in [0.3, 0.4) is 0 Å². The molecule has 0 aromatic heterocycles. The van der Waals surface area contributed by atoms with Crippen molar-refractivity contribution in [1.29, 1.82) is 0 Å². The predicted molar refractivity (Wildman–Crippen MR) is 118 cm³/mol. The van der Waals surface area contributed by atoms with E-state index in [1.165, 1.54) is 15.9 Å². The Hall–Kier alpha value is -3.39. The molecule has 0 heterocycles. The topological polar surface area (TPSA) is 120 Å². The van der Waals surface area contributed by atoms with Gasteiger partial charge in [0.2, 0.25) is 0 Å². The molecule has 0 atom stereocenters. The molecular formula is C24H15AuF9O6P. The van der Waals surface area contributed by atoms with E-state index in [2.05, 4.69) is 91.0 Å². The zero-order valence-electron chi connectivity index (χ0n) is 19.8. The monoisotopic (exact) mass is 798 g/mol. The van der Waals surface area contributed by atoms with Crippen LogP contribution in [0.1, 0.15) is 0 Å². The van der Waals surface area contributed by atoms with Crippen molar-refractivity contribution < 1.29 is 91.6 Å². The summed E-state index contributed by atoms with van der Waals surface area (Å²) < 4.78 is 94.6. The van der Waals surface area contributed by atoms with Crippen LogP contribution in [0.4, 0.5) is 39.5 Å². The number of carbonyl (C=O) groups excluding carboxylic acids is 3. The number of aliphatic carboxylic acids is 3. The molecule has 17 heteroatoms. The van der Waals surface area contributed by atoms with Crippen LogP contribution in [0.2, 0.25) is 0 Å². The molecule has 0 bridgehead atoms.